The third-order valence-corrected chi connectivity index (χ3v) is 6.02. The van der Waals surface area contributed by atoms with Crippen LogP contribution in [0.1, 0.15) is 49.5 Å². The molecule has 0 spiro atoms. The Labute approximate surface area is 176 Å². The molecule has 30 heavy (non-hydrogen) atoms. The summed E-state index contributed by atoms with van der Waals surface area (Å²) >= 11 is 0. The molecule has 1 aliphatic heterocycles. The molecule has 1 N–H and O–H groups in total. The second-order valence-electron chi connectivity index (χ2n) is 8.17. The Kier molecular flexibility index (Phi) is 5.56. The average molecular weight is 405 g/mol. The molecule has 5 rings (SSSR count). The maximum Gasteiger partial charge on any atom is 0.130 e. The van der Waals surface area contributed by atoms with Crippen molar-refractivity contribution >= 4 is 10.9 Å². The van der Waals surface area contributed by atoms with Gasteiger partial charge in [-0.05, 0) is 43.2 Å². The van der Waals surface area contributed by atoms with Crippen molar-refractivity contribution in [3.8, 4) is 11.5 Å². The van der Waals surface area contributed by atoms with E-state index in [9.17, 15) is 5.11 Å². The highest BCUT2D eigenvalue weighted by atomic mass is 16.6. The zero-order chi connectivity index (χ0) is 20.3. The SMILES string of the molecule is O[C@H]1c2cc(OCc3ccc4ccccc4n3)ccc2OC[C@@H]1OC1CCCCC1. The van der Waals surface area contributed by atoms with E-state index in [1.165, 1.54) is 19.3 Å². The fourth-order valence-electron chi connectivity index (χ4n) is 4.35. The van der Waals surface area contributed by atoms with Gasteiger partial charge >= 0.3 is 0 Å². The van der Waals surface area contributed by atoms with Crippen LogP contribution in [0, 0.1) is 0 Å². The lowest BCUT2D eigenvalue weighted by atomic mass is 9.96. The monoisotopic (exact) mass is 405 g/mol. The Morgan fingerprint density at radius 1 is 1.00 bits per heavy atom. The number of aliphatic hydroxyl groups excluding tert-OH is 1. The van der Waals surface area contributed by atoms with Crippen molar-refractivity contribution in [3.05, 3.63) is 65.9 Å². The fraction of sp³-hybridized carbons (Fsp3) is 0.400. The lowest BCUT2D eigenvalue weighted by Crippen LogP contribution is -2.37. The van der Waals surface area contributed by atoms with Crippen LogP contribution >= 0.6 is 0 Å². The van der Waals surface area contributed by atoms with Crippen LogP contribution in [-0.4, -0.2) is 28.9 Å². The van der Waals surface area contributed by atoms with Crippen LogP contribution in [0.25, 0.3) is 10.9 Å². The van der Waals surface area contributed by atoms with Crippen LogP contribution < -0.4 is 9.47 Å². The van der Waals surface area contributed by atoms with E-state index in [1.54, 1.807) is 0 Å². The number of hydrogen-bond acceptors (Lipinski definition) is 5. The van der Waals surface area contributed by atoms with E-state index in [1.807, 2.05) is 48.5 Å². The summed E-state index contributed by atoms with van der Waals surface area (Å²) < 4.78 is 18.0. The van der Waals surface area contributed by atoms with E-state index in [0.717, 1.165) is 35.0 Å². The number of rotatable bonds is 5. The second-order valence-corrected chi connectivity index (χ2v) is 8.17. The highest BCUT2D eigenvalue weighted by Gasteiger charge is 2.33. The number of benzene rings is 2. The molecule has 5 heteroatoms. The molecule has 0 amide bonds. The number of fused-ring (bicyclic) bond motifs is 2. The minimum atomic E-state index is -0.710. The first-order chi connectivity index (χ1) is 14.8. The maximum atomic E-state index is 10.9. The topological polar surface area (TPSA) is 60.8 Å². The quantitative estimate of drug-likeness (QED) is 0.650. The van der Waals surface area contributed by atoms with Crippen molar-refractivity contribution < 1.29 is 19.3 Å². The number of para-hydroxylation sites is 1. The van der Waals surface area contributed by atoms with Crippen LogP contribution in [-0.2, 0) is 11.3 Å². The minimum Gasteiger partial charge on any atom is -0.490 e. The molecule has 0 saturated heterocycles. The average Bonchev–Trinajstić information content (AvgIpc) is 2.80. The van der Waals surface area contributed by atoms with Gasteiger partial charge in [0.25, 0.3) is 0 Å². The first-order valence-corrected chi connectivity index (χ1v) is 10.8. The summed E-state index contributed by atoms with van der Waals surface area (Å²) in [5.74, 6) is 1.38. The molecule has 0 bridgehead atoms. The van der Waals surface area contributed by atoms with E-state index >= 15 is 0 Å². The van der Waals surface area contributed by atoms with E-state index in [2.05, 4.69) is 11.1 Å². The van der Waals surface area contributed by atoms with Gasteiger partial charge in [0.05, 0.1) is 17.3 Å². The molecule has 1 fully saturated rings. The lowest BCUT2D eigenvalue weighted by Gasteiger charge is -2.34. The van der Waals surface area contributed by atoms with Gasteiger partial charge < -0.3 is 19.3 Å². The molecule has 0 unspecified atom stereocenters. The van der Waals surface area contributed by atoms with Gasteiger partial charge in [0.1, 0.15) is 36.9 Å². The van der Waals surface area contributed by atoms with Gasteiger partial charge in [0.2, 0.25) is 0 Å². The van der Waals surface area contributed by atoms with E-state index < -0.39 is 6.10 Å². The fourth-order valence-corrected chi connectivity index (χ4v) is 4.35. The van der Waals surface area contributed by atoms with Crippen molar-refractivity contribution in [3.63, 3.8) is 0 Å². The predicted octanol–water partition coefficient (Wildman–Crippen LogP) is 4.96. The van der Waals surface area contributed by atoms with Crippen molar-refractivity contribution in [2.75, 3.05) is 6.61 Å². The normalized spacial score (nSPS) is 21.8. The van der Waals surface area contributed by atoms with Crippen molar-refractivity contribution in [2.24, 2.45) is 0 Å². The largest absolute Gasteiger partial charge is 0.490 e. The number of hydrogen-bond donors (Lipinski definition) is 1. The molecular weight excluding hydrogens is 378 g/mol. The van der Waals surface area contributed by atoms with Gasteiger partial charge in [-0.25, -0.2) is 4.98 Å². The number of ether oxygens (including phenoxy) is 3. The van der Waals surface area contributed by atoms with Crippen LogP contribution in [0.15, 0.2) is 54.6 Å². The molecule has 2 heterocycles. The second kappa shape index (κ2) is 8.62. The van der Waals surface area contributed by atoms with Crippen LogP contribution in [0.2, 0.25) is 0 Å². The third kappa shape index (κ3) is 4.13. The first-order valence-electron chi connectivity index (χ1n) is 10.8. The molecule has 156 valence electrons. The molecule has 1 aromatic heterocycles. The molecular formula is C25H27NO4. The van der Waals surface area contributed by atoms with E-state index in [4.69, 9.17) is 14.2 Å². The van der Waals surface area contributed by atoms with Crippen LogP contribution in [0.4, 0.5) is 0 Å². The Bertz CT molecular complexity index is 1010. The predicted molar refractivity (Wildman–Crippen MR) is 115 cm³/mol. The minimum absolute atomic E-state index is 0.224. The number of aromatic nitrogens is 1. The van der Waals surface area contributed by atoms with Crippen LogP contribution in [0.3, 0.4) is 0 Å². The molecule has 1 saturated carbocycles. The van der Waals surface area contributed by atoms with Gasteiger partial charge in [-0.2, -0.15) is 0 Å². The smallest absolute Gasteiger partial charge is 0.130 e. The number of nitrogens with zero attached hydrogens (tertiary/aromatic N) is 1. The van der Waals surface area contributed by atoms with Gasteiger partial charge in [-0.3, -0.25) is 0 Å². The zero-order valence-electron chi connectivity index (χ0n) is 17.0. The number of aliphatic hydroxyl groups is 1. The Morgan fingerprint density at radius 3 is 2.77 bits per heavy atom. The molecule has 5 nitrogen and oxygen atoms in total. The van der Waals surface area contributed by atoms with E-state index in [-0.39, 0.29) is 12.2 Å². The standard InChI is InChI=1S/C25H27NO4/c27-25-21-14-20(28-15-18-11-10-17-6-4-5-9-22(17)26-18)12-13-23(21)29-16-24(25)30-19-7-2-1-3-8-19/h4-6,9-14,19,24-25,27H,1-3,7-8,15-16H2/t24-,25-/m0/s1. The molecule has 3 aromatic rings. The summed E-state index contributed by atoms with van der Waals surface area (Å²) in [5, 5.41) is 12.0. The Morgan fingerprint density at radius 2 is 1.87 bits per heavy atom. The van der Waals surface area contributed by atoms with Gasteiger partial charge in [-0.1, -0.05) is 43.5 Å². The summed E-state index contributed by atoms with van der Waals surface area (Å²) in [5.41, 5.74) is 2.54. The summed E-state index contributed by atoms with van der Waals surface area (Å²) in [6.45, 7) is 0.745. The van der Waals surface area contributed by atoms with Crippen molar-refractivity contribution in [1.82, 2.24) is 4.98 Å². The highest BCUT2D eigenvalue weighted by Crippen LogP contribution is 2.37. The summed E-state index contributed by atoms with van der Waals surface area (Å²) in [6, 6.07) is 17.7. The van der Waals surface area contributed by atoms with Crippen molar-refractivity contribution in [2.45, 2.75) is 57.0 Å². The molecule has 2 aliphatic rings. The first kappa shape index (κ1) is 19.3. The van der Waals surface area contributed by atoms with Crippen LogP contribution in [0.5, 0.6) is 11.5 Å². The molecule has 1 aliphatic carbocycles. The third-order valence-electron chi connectivity index (χ3n) is 6.02. The number of pyridine rings is 1. The van der Waals surface area contributed by atoms with Crippen molar-refractivity contribution in [1.29, 1.82) is 0 Å². The summed E-state index contributed by atoms with van der Waals surface area (Å²) in [4.78, 5) is 4.65. The lowest BCUT2D eigenvalue weighted by molar-refractivity contribution is -0.113. The van der Waals surface area contributed by atoms with Gasteiger partial charge in [-0.15, -0.1) is 0 Å². The highest BCUT2D eigenvalue weighted by molar-refractivity contribution is 5.78. The van der Waals surface area contributed by atoms with E-state index in [0.29, 0.717) is 24.7 Å². The molecule has 2 atom stereocenters. The zero-order valence-corrected chi connectivity index (χ0v) is 17.0. The Hall–Kier alpha value is -2.63. The summed E-state index contributed by atoms with van der Waals surface area (Å²) in [6.07, 6.45) is 4.99. The summed E-state index contributed by atoms with van der Waals surface area (Å²) in [7, 11) is 0. The molecule has 0 radical (unpaired) electrons. The van der Waals surface area contributed by atoms with Gasteiger partial charge in [0.15, 0.2) is 0 Å². The maximum absolute atomic E-state index is 10.9. The molecule has 2 aromatic carbocycles. The van der Waals surface area contributed by atoms with Gasteiger partial charge in [0, 0.05) is 10.9 Å². The Balaban J connectivity index is 1.27.